The molecule has 1 atom stereocenters. The summed E-state index contributed by atoms with van der Waals surface area (Å²) < 4.78 is 31.5. The Bertz CT molecular complexity index is 887. The van der Waals surface area contributed by atoms with E-state index in [1.165, 1.54) is 12.1 Å². The summed E-state index contributed by atoms with van der Waals surface area (Å²) in [6, 6.07) is 4.96. The van der Waals surface area contributed by atoms with Gasteiger partial charge < -0.3 is 9.47 Å². The fourth-order valence-electron chi connectivity index (χ4n) is 4.15. The first kappa shape index (κ1) is 16.6. The molecular formula is C20H24F2N2O. The van der Waals surface area contributed by atoms with Gasteiger partial charge in [-0.15, -0.1) is 0 Å². The summed E-state index contributed by atoms with van der Waals surface area (Å²) in [5, 5.41) is 0.755. The number of nitrogens with zero attached hydrogens (tertiary/aromatic N) is 2. The maximum Gasteiger partial charge on any atom is 0.251 e. The highest BCUT2D eigenvalue weighted by Crippen LogP contribution is 2.41. The minimum atomic E-state index is -1.25. The van der Waals surface area contributed by atoms with Crippen molar-refractivity contribution in [3.05, 3.63) is 39.9 Å². The molecule has 1 unspecified atom stereocenters. The lowest BCUT2D eigenvalue weighted by Gasteiger charge is -2.26. The molecule has 1 saturated heterocycles. The highest BCUT2D eigenvalue weighted by atomic mass is 19.1. The molecule has 0 radical (unpaired) electrons. The molecule has 3 nitrogen and oxygen atoms in total. The first-order valence-corrected chi connectivity index (χ1v) is 9.28. The molecule has 1 aromatic carbocycles. The number of alkyl halides is 1. The largest absolute Gasteiger partial charge is 0.366 e. The van der Waals surface area contributed by atoms with Crippen molar-refractivity contribution in [2.45, 2.75) is 57.7 Å². The Morgan fingerprint density at radius 1 is 1.28 bits per heavy atom. The van der Waals surface area contributed by atoms with Crippen LogP contribution < -0.4 is 10.5 Å². The van der Waals surface area contributed by atoms with Crippen LogP contribution in [0.15, 0.2) is 23.0 Å². The molecule has 25 heavy (non-hydrogen) atoms. The predicted octanol–water partition coefficient (Wildman–Crippen LogP) is 4.37. The lowest BCUT2D eigenvalue weighted by molar-refractivity contribution is 0.186. The number of aromatic nitrogens is 1. The van der Waals surface area contributed by atoms with Crippen LogP contribution in [0.3, 0.4) is 0 Å². The zero-order valence-corrected chi connectivity index (χ0v) is 14.8. The van der Waals surface area contributed by atoms with Gasteiger partial charge in [-0.1, -0.05) is 13.8 Å². The van der Waals surface area contributed by atoms with E-state index in [1.54, 1.807) is 6.07 Å². The highest BCUT2D eigenvalue weighted by molar-refractivity contribution is 5.88. The smallest absolute Gasteiger partial charge is 0.251 e. The molecule has 2 heterocycles. The Kier molecular flexibility index (Phi) is 3.85. The van der Waals surface area contributed by atoms with Crippen LogP contribution in [0, 0.1) is 5.82 Å². The van der Waals surface area contributed by atoms with Gasteiger partial charge in [0.05, 0.1) is 17.7 Å². The molecule has 2 aromatic rings. The van der Waals surface area contributed by atoms with Crippen LogP contribution in [0.1, 0.15) is 51.1 Å². The van der Waals surface area contributed by atoms with Gasteiger partial charge in [0.25, 0.3) is 5.56 Å². The monoisotopic (exact) mass is 346 g/mol. The lowest BCUT2D eigenvalue weighted by Crippen LogP contribution is -2.30. The molecule has 0 bridgehead atoms. The van der Waals surface area contributed by atoms with Gasteiger partial charge in [0.15, 0.2) is 0 Å². The Hall–Kier alpha value is -1.91. The van der Waals surface area contributed by atoms with Crippen molar-refractivity contribution >= 4 is 16.6 Å². The Labute approximate surface area is 146 Å². The van der Waals surface area contributed by atoms with Gasteiger partial charge in [-0.05, 0) is 37.8 Å². The van der Waals surface area contributed by atoms with Crippen LogP contribution in [0.25, 0.3) is 10.9 Å². The molecular weight excluding hydrogens is 322 g/mol. The molecule has 2 fully saturated rings. The van der Waals surface area contributed by atoms with Crippen molar-refractivity contribution < 1.29 is 8.78 Å². The number of pyridine rings is 1. The molecule has 4 rings (SSSR count). The van der Waals surface area contributed by atoms with Crippen LogP contribution in [0.5, 0.6) is 0 Å². The maximum absolute atomic E-state index is 15.0. The number of aryl methyl sites for hydroxylation is 1. The second-order valence-electron chi connectivity index (χ2n) is 7.43. The van der Waals surface area contributed by atoms with E-state index in [2.05, 4.69) is 0 Å². The highest BCUT2D eigenvalue weighted by Gasteiger charge is 2.38. The number of anilines is 1. The van der Waals surface area contributed by atoms with Gasteiger partial charge in [-0.25, -0.2) is 8.78 Å². The standard InChI is InChI=1S/C20H24F2N2O/c1-3-15-18-13(5-8-17(25)24(18)14-6-7-14)11-16(21)19(15)23-10-9-20(22,4-2)12-23/h5,8,11,14H,3-4,6-7,9-10,12H2,1-2H3. The van der Waals surface area contributed by atoms with Crippen molar-refractivity contribution in [3.63, 3.8) is 0 Å². The van der Waals surface area contributed by atoms with Gasteiger partial charge in [-0.3, -0.25) is 4.79 Å². The van der Waals surface area contributed by atoms with Crippen LogP contribution in [-0.2, 0) is 6.42 Å². The van der Waals surface area contributed by atoms with Gasteiger partial charge >= 0.3 is 0 Å². The molecule has 5 heteroatoms. The van der Waals surface area contributed by atoms with Gasteiger partial charge in [0.1, 0.15) is 11.5 Å². The van der Waals surface area contributed by atoms with E-state index in [1.807, 2.05) is 23.3 Å². The summed E-state index contributed by atoms with van der Waals surface area (Å²) in [5.74, 6) is -0.314. The SMILES string of the molecule is CCc1c(N2CCC(F)(CC)C2)c(F)cc2ccc(=O)n(C3CC3)c12. The third kappa shape index (κ3) is 2.64. The summed E-state index contributed by atoms with van der Waals surface area (Å²) >= 11 is 0. The Morgan fingerprint density at radius 3 is 2.64 bits per heavy atom. The first-order valence-electron chi connectivity index (χ1n) is 9.28. The Morgan fingerprint density at radius 2 is 2.04 bits per heavy atom. The average Bonchev–Trinajstić information content (AvgIpc) is 3.36. The van der Waals surface area contributed by atoms with E-state index >= 15 is 0 Å². The molecule has 0 amide bonds. The number of hydrogen-bond acceptors (Lipinski definition) is 2. The number of rotatable bonds is 4. The van der Waals surface area contributed by atoms with Crippen molar-refractivity contribution in [3.8, 4) is 0 Å². The van der Waals surface area contributed by atoms with Crippen LogP contribution in [0.4, 0.5) is 14.5 Å². The summed E-state index contributed by atoms with van der Waals surface area (Å²) in [7, 11) is 0. The van der Waals surface area contributed by atoms with Crippen LogP contribution in [0.2, 0.25) is 0 Å². The number of hydrogen-bond donors (Lipinski definition) is 0. The van der Waals surface area contributed by atoms with Gasteiger partial charge in [-0.2, -0.15) is 0 Å². The van der Waals surface area contributed by atoms with Crippen molar-refractivity contribution in [1.29, 1.82) is 0 Å². The minimum Gasteiger partial charge on any atom is -0.366 e. The summed E-state index contributed by atoms with van der Waals surface area (Å²) in [6.07, 6.45) is 3.45. The third-order valence-electron chi connectivity index (χ3n) is 5.76. The Balaban J connectivity index is 1.94. The topological polar surface area (TPSA) is 25.2 Å². The summed E-state index contributed by atoms with van der Waals surface area (Å²) in [5.41, 5.74) is 0.876. The van der Waals surface area contributed by atoms with Gasteiger partial charge in [0.2, 0.25) is 0 Å². The van der Waals surface area contributed by atoms with E-state index in [4.69, 9.17) is 0 Å². The molecule has 2 aliphatic rings. The number of benzene rings is 1. The zero-order valence-electron chi connectivity index (χ0n) is 14.8. The fraction of sp³-hybridized carbons (Fsp3) is 0.550. The van der Waals surface area contributed by atoms with Crippen molar-refractivity contribution in [2.75, 3.05) is 18.0 Å². The molecule has 0 N–H and O–H groups in total. The summed E-state index contributed by atoms with van der Waals surface area (Å²) in [6.45, 7) is 4.55. The van der Waals surface area contributed by atoms with E-state index in [0.717, 1.165) is 29.3 Å². The fourth-order valence-corrected chi connectivity index (χ4v) is 4.15. The van der Waals surface area contributed by atoms with Crippen LogP contribution >= 0.6 is 0 Å². The molecule has 1 saturated carbocycles. The second kappa shape index (κ2) is 5.82. The molecule has 0 spiro atoms. The van der Waals surface area contributed by atoms with Crippen molar-refractivity contribution in [2.24, 2.45) is 0 Å². The molecule has 1 aromatic heterocycles. The van der Waals surface area contributed by atoms with E-state index in [-0.39, 0.29) is 24.0 Å². The predicted molar refractivity (Wildman–Crippen MR) is 96.8 cm³/mol. The summed E-state index contributed by atoms with van der Waals surface area (Å²) in [4.78, 5) is 14.3. The third-order valence-corrected chi connectivity index (χ3v) is 5.76. The maximum atomic E-state index is 15.0. The molecule has 1 aliphatic heterocycles. The molecule has 1 aliphatic carbocycles. The van der Waals surface area contributed by atoms with E-state index in [9.17, 15) is 13.6 Å². The first-order chi connectivity index (χ1) is 12.0. The van der Waals surface area contributed by atoms with Crippen LogP contribution in [-0.4, -0.2) is 23.3 Å². The second-order valence-corrected chi connectivity index (χ2v) is 7.43. The normalized spacial score (nSPS) is 23.6. The average molecular weight is 346 g/mol. The van der Waals surface area contributed by atoms with E-state index < -0.39 is 5.67 Å². The van der Waals surface area contributed by atoms with Crippen molar-refractivity contribution in [1.82, 2.24) is 4.57 Å². The lowest BCUT2D eigenvalue weighted by atomic mass is 10.0. The molecule has 134 valence electrons. The quantitative estimate of drug-likeness (QED) is 0.821. The van der Waals surface area contributed by atoms with E-state index in [0.29, 0.717) is 31.5 Å². The number of halogens is 2. The minimum absolute atomic E-state index is 0.0305. The number of fused-ring (bicyclic) bond motifs is 1. The van der Waals surface area contributed by atoms with Gasteiger partial charge in [0, 0.05) is 36.0 Å². The zero-order chi connectivity index (χ0) is 17.8.